The maximum absolute atomic E-state index is 12.4. The van der Waals surface area contributed by atoms with Crippen LogP contribution in [0.3, 0.4) is 0 Å². The topological polar surface area (TPSA) is 41.6 Å². The van der Waals surface area contributed by atoms with Crippen LogP contribution in [0.25, 0.3) is 0 Å². The Morgan fingerprint density at radius 1 is 1.12 bits per heavy atom. The van der Waals surface area contributed by atoms with E-state index in [4.69, 9.17) is 4.74 Å². The van der Waals surface area contributed by atoms with Crippen molar-refractivity contribution < 1.29 is 9.53 Å². The predicted molar refractivity (Wildman–Crippen MR) is 98.4 cm³/mol. The Kier molecular flexibility index (Phi) is 6.82. The summed E-state index contributed by atoms with van der Waals surface area (Å²) in [5, 5.41) is 2.94. The molecule has 0 aliphatic rings. The first kappa shape index (κ1) is 18.0. The minimum absolute atomic E-state index is 0.0277. The van der Waals surface area contributed by atoms with Crippen LogP contribution in [0.5, 0.6) is 5.75 Å². The summed E-state index contributed by atoms with van der Waals surface area (Å²) in [7, 11) is 1.60. The lowest BCUT2D eigenvalue weighted by Gasteiger charge is -2.21. The number of hydrogen-bond acceptors (Lipinski definition) is 3. The van der Waals surface area contributed by atoms with Gasteiger partial charge in [0.05, 0.1) is 19.3 Å². The lowest BCUT2D eigenvalue weighted by Crippen LogP contribution is -2.33. The van der Waals surface area contributed by atoms with Crippen molar-refractivity contribution in [3.63, 3.8) is 0 Å². The summed E-state index contributed by atoms with van der Waals surface area (Å²) in [6, 6.07) is 15.9. The first-order valence-electron chi connectivity index (χ1n) is 8.33. The van der Waals surface area contributed by atoms with Crippen LogP contribution >= 0.6 is 0 Å². The normalized spacial score (nSPS) is 10.7. The van der Waals surface area contributed by atoms with E-state index < -0.39 is 0 Å². The molecule has 0 spiro atoms. The summed E-state index contributed by atoms with van der Waals surface area (Å²) < 4.78 is 5.28. The highest BCUT2D eigenvalue weighted by Gasteiger charge is 2.12. The third-order valence-corrected chi connectivity index (χ3v) is 3.81. The second-order valence-electron chi connectivity index (χ2n) is 5.94. The number of nitrogens with one attached hydrogen (secondary N) is 1. The first-order chi connectivity index (χ1) is 11.6. The molecule has 0 aromatic heterocycles. The van der Waals surface area contributed by atoms with Gasteiger partial charge in [-0.15, -0.1) is 0 Å². The fourth-order valence-corrected chi connectivity index (χ4v) is 2.62. The molecular weight excluding hydrogens is 300 g/mol. The van der Waals surface area contributed by atoms with Crippen molar-refractivity contribution >= 4 is 11.6 Å². The number of rotatable bonds is 8. The molecule has 24 heavy (non-hydrogen) atoms. The van der Waals surface area contributed by atoms with Gasteiger partial charge < -0.3 is 10.1 Å². The van der Waals surface area contributed by atoms with E-state index >= 15 is 0 Å². The average molecular weight is 326 g/mol. The van der Waals surface area contributed by atoms with Crippen molar-refractivity contribution in [2.24, 2.45) is 0 Å². The Labute approximate surface area is 144 Å². The third kappa shape index (κ3) is 5.39. The lowest BCUT2D eigenvalue weighted by atomic mass is 10.1. The van der Waals surface area contributed by atoms with Crippen LogP contribution in [-0.4, -0.2) is 31.0 Å². The number of hydrogen-bond donors (Lipinski definition) is 1. The molecule has 0 aliphatic heterocycles. The molecule has 4 nitrogen and oxygen atoms in total. The first-order valence-corrected chi connectivity index (χ1v) is 8.33. The standard InChI is InChI=1S/C20H26N2O2/c1-4-13-22(14-17-11-9-16(2)10-12-17)15-20(23)21-18-7-5-6-8-19(18)24-3/h5-12H,4,13-15H2,1-3H3,(H,21,23). The minimum Gasteiger partial charge on any atom is -0.495 e. The van der Waals surface area contributed by atoms with E-state index in [0.29, 0.717) is 18.0 Å². The molecule has 0 radical (unpaired) electrons. The van der Waals surface area contributed by atoms with Crippen LogP contribution in [0.4, 0.5) is 5.69 Å². The monoisotopic (exact) mass is 326 g/mol. The van der Waals surface area contributed by atoms with E-state index in [9.17, 15) is 4.79 Å². The van der Waals surface area contributed by atoms with Crippen LogP contribution in [0.1, 0.15) is 24.5 Å². The van der Waals surface area contributed by atoms with Crippen LogP contribution in [0.15, 0.2) is 48.5 Å². The molecule has 0 saturated carbocycles. The largest absolute Gasteiger partial charge is 0.495 e. The van der Waals surface area contributed by atoms with E-state index in [1.807, 2.05) is 24.3 Å². The van der Waals surface area contributed by atoms with E-state index in [1.54, 1.807) is 7.11 Å². The van der Waals surface area contributed by atoms with E-state index in [1.165, 1.54) is 11.1 Å². The maximum Gasteiger partial charge on any atom is 0.238 e. The molecule has 128 valence electrons. The summed E-state index contributed by atoms with van der Waals surface area (Å²) in [6.45, 7) is 6.22. The lowest BCUT2D eigenvalue weighted by molar-refractivity contribution is -0.117. The highest BCUT2D eigenvalue weighted by Crippen LogP contribution is 2.22. The van der Waals surface area contributed by atoms with Crippen LogP contribution in [0.2, 0.25) is 0 Å². The van der Waals surface area contributed by atoms with Gasteiger partial charge in [0.15, 0.2) is 0 Å². The van der Waals surface area contributed by atoms with Gasteiger partial charge in [-0.1, -0.05) is 48.9 Å². The number of para-hydroxylation sites is 2. The number of amides is 1. The molecular formula is C20H26N2O2. The quantitative estimate of drug-likeness (QED) is 0.801. The summed E-state index contributed by atoms with van der Waals surface area (Å²) in [5.74, 6) is 0.645. The molecule has 0 fully saturated rings. The van der Waals surface area contributed by atoms with Crippen molar-refractivity contribution in [1.82, 2.24) is 4.90 Å². The molecule has 0 aliphatic carbocycles. The zero-order valence-electron chi connectivity index (χ0n) is 14.7. The third-order valence-electron chi connectivity index (χ3n) is 3.81. The van der Waals surface area contributed by atoms with Crippen LogP contribution in [0, 0.1) is 6.92 Å². The van der Waals surface area contributed by atoms with Gasteiger partial charge in [0.25, 0.3) is 0 Å². The molecule has 2 rings (SSSR count). The van der Waals surface area contributed by atoms with Crippen LogP contribution in [-0.2, 0) is 11.3 Å². The van der Waals surface area contributed by atoms with E-state index in [2.05, 4.69) is 48.3 Å². The Hall–Kier alpha value is -2.33. The average Bonchev–Trinajstić information content (AvgIpc) is 2.57. The number of carbonyl (C=O) groups is 1. The number of aryl methyl sites for hydroxylation is 1. The summed E-state index contributed by atoms with van der Waals surface area (Å²) in [6.07, 6.45) is 1.01. The van der Waals surface area contributed by atoms with Crippen molar-refractivity contribution in [3.05, 3.63) is 59.7 Å². The Morgan fingerprint density at radius 2 is 1.83 bits per heavy atom. The zero-order chi connectivity index (χ0) is 17.4. The van der Waals surface area contributed by atoms with Gasteiger partial charge in [-0.05, 0) is 37.6 Å². The van der Waals surface area contributed by atoms with E-state index in [0.717, 1.165) is 19.5 Å². The summed E-state index contributed by atoms with van der Waals surface area (Å²) >= 11 is 0. The van der Waals surface area contributed by atoms with Crippen LogP contribution < -0.4 is 10.1 Å². The Bertz CT molecular complexity index is 653. The van der Waals surface area contributed by atoms with Gasteiger partial charge in [0.2, 0.25) is 5.91 Å². The van der Waals surface area contributed by atoms with Crippen molar-refractivity contribution in [1.29, 1.82) is 0 Å². The number of methoxy groups -OCH3 is 1. The molecule has 2 aromatic rings. The van der Waals surface area contributed by atoms with Gasteiger partial charge >= 0.3 is 0 Å². The Morgan fingerprint density at radius 3 is 2.50 bits per heavy atom. The summed E-state index contributed by atoms with van der Waals surface area (Å²) in [4.78, 5) is 14.6. The molecule has 4 heteroatoms. The number of ether oxygens (including phenoxy) is 1. The van der Waals surface area contributed by atoms with Crippen molar-refractivity contribution in [2.75, 3.05) is 25.5 Å². The van der Waals surface area contributed by atoms with E-state index in [-0.39, 0.29) is 5.91 Å². The molecule has 1 N–H and O–H groups in total. The maximum atomic E-state index is 12.4. The molecule has 1 amide bonds. The van der Waals surface area contributed by atoms with Gasteiger partial charge in [0.1, 0.15) is 5.75 Å². The SMILES string of the molecule is CCCN(CC(=O)Nc1ccccc1OC)Cc1ccc(C)cc1. The fraction of sp³-hybridized carbons (Fsp3) is 0.350. The second kappa shape index (κ2) is 9.08. The number of nitrogens with zero attached hydrogens (tertiary/aromatic N) is 1. The smallest absolute Gasteiger partial charge is 0.238 e. The zero-order valence-corrected chi connectivity index (χ0v) is 14.7. The number of anilines is 1. The number of carbonyl (C=O) groups excluding carboxylic acids is 1. The number of benzene rings is 2. The molecule has 0 saturated heterocycles. The molecule has 0 atom stereocenters. The van der Waals surface area contributed by atoms with Crippen molar-refractivity contribution in [3.8, 4) is 5.75 Å². The van der Waals surface area contributed by atoms with Gasteiger partial charge in [-0.2, -0.15) is 0 Å². The molecule has 0 unspecified atom stereocenters. The fourth-order valence-electron chi connectivity index (χ4n) is 2.62. The van der Waals surface area contributed by atoms with Crippen molar-refractivity contribution in [2.45, 2.75) is 26.8 Å². The van der Waals surface area contributed by atoms with Gasteiger partial charge in [-0.3, -0.25) is 9.69 Å². The minimum atomic E-state index is -0.0277. The second-order valence-corrected chi connectivity index (χ2v) is 5.94. The molecule has 2 aromatic carbocycles. The highest BCUT2D eigenvalue weighted by molar-refractivity contribution is 5.93. The predicted octanol–water partition coefficient (Wildman–Crippen LogP) is 3.85. The van der Waals surface area contributed by atoms with Gasteiger partial charge in [0, 0.05) is 6.54 Å². The molecule has 0 heterocycles. The molecule has 0 bridgehead atoms. The van der Waals surface area contributed by atoms with Gasteiger partial charge in [-0.25, -0.2) is 0 Å². The Balaban J connectivity index is 1.98. The highest BCUT2D eigenvalue weighted by atomic mass is 16.5. The summed E-state index contributed by atoms with van der Waals surface area (Å²) in [5.41, 5.74) is 3.17.